The highest BCUT2D eigenvalue weighted by Gasteiger charge is 2.16. The van der Waals surface area contributed by atoms with Crippen molar-refractivity contribution in [3.63, 3.8) is 0 Å². The van der Waals surface area contributed by atoms with Crippen LogP contribution in [0.25, 0.3) is 10.9 Å². The standard InChI is InChI=1S/C15H19N3O/c1-15(2,16)9-13(19)18-10-12-6-3-5-11-7-4-8-17-14(11)12/h3-8H,9-10,16H2,1-2H3,(H,18,19). The second-order valence-electron chi connectivity index (χ2n) is 5.43. The molecule has 1 amide bonds. The van der Waals surface area contributed by atoms with E-state index < -0.39 is 5.54 Å². The topological polar surface area (TPSA) is 68.0 Å². The van der Waals surface area contributed by atoms with Crippen molar-refractivity contribution in [1.82, 2.24) is 10.3 Å². The van der Waals surface area contributed by atoms with Gasteiger partial charge in [-0.25, -0.2) is 0 Å². The van der Waals surface area contributed by atoms with E-state index in [0.29, 0.717) is 13.0 Å². The van der Waals surface area contributed by atoms with Crippen LogP contribution in [0.5, 0.6) is 0 Å². The van der Waals surface area contributed by atoms with Crippen LogP contribution in [0.15, 0.2) is 36.5 Å². The fourth-order valence-electron chi connectivity index (χ4n) is 1.98. The number of para-hydroxylation sites is 1. The van der Waals surface area contributed by atoms with Crippen LogP contribution in [-0.4, -0.2) is 16.4 Å². The van der Waals surface area contributed by atoms with Crippen LogP contribution in [0.1, 0.15) is 25.8 Å². The van der Waals surface area contributed by atoms with Gasteiger partial charge < -0.3 is 11.1 Å². The van der Waals surface area contributed by atoms with Gasteiger partial charge in [-0.15, -0.1) is 0 Å². The number of rotatable bonds is 4. The maximum absolute atomic E-state index is 11.8. The van der Waals surface area contributed by atoms with Gasteiger partial charge in [0.2, 0.25) is 5.91 Å². The van der Waals surface area contributed by atoms with E-state index in [2.05, 4.69) is 10.3 Å². The Morgan fingerprint density at radius 3 is 2.79 bits per heavy atom. The molecular formula is C15H19N3O. The van der Waals surface area contributed by atoms with Crippen molar-refractivity contribution >= 4 is 16.8 Å². The Morgan fingerprint density at radius 2 is 2.05 bits per heavy atom. The Morgan fingerprint density at radius 1 is 1.32 bits per heavy atom. The van der Waals surface area contributed by atoms with Gasteiger partial charge in [0.1, 0.15) is 0 Å². The molecule has 0 spiro atoms. The Labute approximate surface area is 113 Å². The summed E-state index contributed by atoms with van der Waals surface area (Å²) in [5.74, 6) is -0.0413. The lowest BCUT2D eigenvalue weighted by Crippen LogP contribution is -2.38. The first-order valence-corrected chi connectivity index (χ1v) is 6.34. The summed E-state index contributed by atoms with van der Waals surface area (Å²) < 4.78 is 0. The molecule has 2 aromatic rings. The lowest BCUT2D eigenvalue weighted by Gasteiger charge is -2.17. The second kappa shape index (κ2) is 5.36. The molecule has 0 saturated heterocycles. The van der Waals surface area contributed by atoms with Crippen molar-refractivity contribution in [3.8, 4) is 0 Å². The van der Waals surface area contributed by atoms with E-state index in [1.165, 1.54) is 0 Å². The molecule has 2 rings (SSSR count). The van der Waals surface area contributed by atoms with Gasteiger partial charge in [-0.05, 0) is 25.5 Å². The summed E-state index contributed by atoms with van der Waals surface area (Å²) in [6, 6.07) is 9.87. The number of hydrogen-bond acceptors (Lipinski definition) is 3. The number of nitrogens with zero attached hydrogens (tertiary/aromatic N) is 1. The molecule has 3 N–H and O–H groups in total. The SMILES string of the molecule is CC(C)(N)CC(=O)NCc1cccc2cccnc12. The van der Waals surface area contributed by atoms with Crippen molar-refractivity contribution in [2.75, 3.05) is 0 Å². The zero-order valence-corrected chi connectivity index (χ0v) is 11.3. The number of carbonyl (C=O) groups is 1. The van der Waals surface area contributed by atoms with E-state index in [0.717, 1.165) is 16.5 Å². The number of benzene rings is 1. The molecule has 19 heavy (non-hydrogen) atoms. The smallest absolute Gasteiger partial charge is 0.222 e. The molecule has 0 bridgehead atoms. The first-order valence-electron chi connectivity index (χ1n) is 6.34. The minimum Gasteiger partial charge on any atom is -0.352 e. The highest BCUT2D eigenvalue weighted by molar-refractivity contribution is 5.82. The monoisotopic (exact) mass is 257 g/mol. The van der Waals surface area contributed by atoms with Crippen molar-refractivity contribution in [3.05, 3.63) is 42.1 Å². The van der Waals surface area contributed by atoms with Gasteiger partial charge in [-0.3, -0.25) is 9.78 Å². The molecule has 4 heteroatoms. The van der Waals surface area contributed by atoms with Gasteiger partial charge in [0.05, 0.1) is 5.52 Å². The molecule has 1 aromatic carbocycles. The highest BCUT2D eigenvalue weighted by atomic mass is 16.1. The van der Waals surface area contributed by atoms with Crippen molar-refractivity contribution in [2.24, 2.45) is 5.73 Å². The summed E-state index contributed by atoms with van der Waals surface area (Å²) in [7, 11) is 0. The average Bonchev–Trinajstić information content (AvgIpc) is 2.34. The number of fused-ring (bicyclic) bond motifs is 1. The third-order valence-corrected chi connectivity index (χ3v) is 2.81. The van der Waals surface area contributed by atoms with Crippen molar-refractivity contribution in [2.45, 2.75) is 32.4 Å². The summed E-state index contributed by atoms with van der Waals surface area (Å²) in [6.45, 7) is 4.15. The van der Waals surface area contributed by atoms with E-state index in [-0.39, 0.29) is 5.91 Å². The van der Waals surface area contributed by atoms with Crippen molar-refractivity contribution < 1.29 is 4.79 Å². The predicted octanol–water partition coefficient (Wildman–Crippen LogP) is 1.98. The van der Waals surface area contributed by atoms with Gasteiger partial charge in [-0.1, -0.05) is 24.3 Å². The van der Waals surface area contributed by atoms with Crippen LogP contribution in [0.4, 0.5) is 0 Å². The molecule has 4 nitrogen and oxygen atoms in total. The van der Waals surface area contributed by atoms with Gasteiger partial charge in [-0.2, -0.15) is 0 Å². The van der Waals surface area contributed by atoms with Crippen LogP contribution in [-0.2, 0) is 11.3 Å². The number of pyridine rings is 1. The van der Waals surface area contributed by atoms with E-state index in [4.69, 9.17) is 5.73 Å². The summed E-state index contributed by atoms with van der Waals surface area (Å²) in [5, 5.41) is 3.97. The van der Waals surface area contributed by atoms with E-state index >= 15 is 0 Å². The van der Waals surface area contributed by atoms with Gasteiger partial charge in [0.25, 0.3) is 0 Å². The zero-order valence-electron chi connectivity index (χ0n) is 11.3. The number of aromatic nitrogens is 1. The van der Waals surface area contributed by atoms with Crippen LogP contribution >= 0.6 is 0 Å². The first kappa shape index (κ1) is 13.5. The predicted molar refractivity (Wildman–Crippen MR) is 76.5 cm³/mol. The minimum absolute atomic E-state index is 0.0413. The first-order chi connectivity index (χ1) is 8.96. The number of amides is 1. The zero-order chi connectivity index (χ0) is 13.9. The molecule has 1 aromatic heterocycles. The number of carbonyl (C=O) groups excluding carboxylic acids is 1. The summed E-state index contributed by atoms with van der Waals surface area (Å²) in [6.07, 6.45) is 2.07. The molecule has 0 radical (unpaired) electrons. The number of nitrogens with one attached hydrogen (secondary N) is 1. The third-order valence-electron chi connectivity index (χ3n) is 2.81. The maximum Gasteiger partial charge on any atom is 0.222 e. The lowest BCUT2D eigenvalue weighted by molar-refractivity contribution is -0.122. The third kappa shape index (κ3) is 3.76. The maximum atomic E-state index is 11.8. The Balaban J connectivity index is 2.08. The number of hydrogen-bond donors (Lipinski definition) is 2. The summed E-state index contributed by atoms with van der Waals surface area (Å²) in [4.78, 5) is 16.1. The van der Waals surface area contributed by atoms with Crippen LogP contribution in [0.3, 0.4) is 0 Å². The van der Waals surface area contributed by atoms with E-state index in [1.807, 2.05) is 44.2 Å². The molecule has 1 heterocycles. The molecule has 0 aliphatic heterocycles. The Hall–Kier alpha value is -1.94. The summed E-state index contributed by atoms with van der Waals surface area (Å²) in [5.41, 5.74) is 7.28. The molecule has 0 aliphatic carbocycles. The molecule has 0 aliphatic rings. The van der Waals surface area contributed by atoms with E-state index in [9.17, 15) is 4.79 Å². The highest BCUT2D eigenvalue weighted by Crippen LogP contribution is 2.15. The van der Waals surface area contributed by atoms with E-state index in [1.54, 1.807) is 6.20 Å². The van der Waals surface area contributed by atoms with Gasteiger partial charge in [0, 0.05) is 30.1 Å². The van der Waals surface area contributed by atoms with Gasteiger partial charge >= 0.3 is 0 Å². The lowest BCUT2D eigenvalue weighted by atomic mass is 10.0. The van der Waals surface area contributed by atoms with Crippen LogP contribution in [0, 0.1) is 0 Å². The average molecular weight is 257 g/mol. The molecule has 0 atom stereocenters. The fourth-order valence-corrected chi connectivity index (χ4v) is 1.98. The summed E-state index contributed by atoms with van der Waals surface area (Å²) >= 11 is 0. The Bertz CT molecular complexity index is 582. The quantitative estimate of drug-likeness (QED) is 0.880. The normalized spacial score (nSPS) is 11.5. The molecule has 0 unspecified atom stereocenters. The molecular weight excluding hydrogens is 238 g/mol. The van der Waals surface area contributed by atoms with Crippen LogP contribution < -0.4 is 11.1 Å². The minimum atomic E-state index is -0.485. The molecule has 0 saturated carbocycles. The fraction of sp³-hybridized carbons (Fsp3) is 0.333. The second-order valence-corrected chi connectivity index (χ2v) is 5.43. The Kier molecular flexibility index (Phi) is 3.81. The van der Waals surface area contributed by atoms with Crippen molar-refractivity contribution in [1.29, 1.82) is 0 Å². The molecule has 0 fully saturated rings. The number of nitrogens with two attached hydrogens (primary N) is 1. The molecule has 100 valence electrons. The van der Waals surface area contributed by atoms with Gasteiger partial charge in [0.15, 0.2) is 0 Å². The largest absolute Gasteiger partial charge is 0.352 e. The van der Waals surface area contributed by atoms with Crippen LogP contribution in [0.2, 0.25) is 0 Å².